The van der Waals surface area contributed by atoms with Crippen LogP contribution in [0.1, 0.15) is 38.2 Å². The molecule has 0 saturated carbocycles. The van der Waals surface area contributed by atoms with Gasteiger partial charge in [0.2, 0.25) is 10.0 Å². The zero-order valence-electron chi connectivity index (χ0n) is 11.9. The molecule has 1 atom stereocenters. The maximum atomic E-state index is 12.8. The molecular formula is C14H21ClN2O2S. The van der Waals surface area contributed by atoms with E-state index in [0.717, 1.165) is 31.2 Å². The summed E-state index contributed by atoms with van der Waals surface area (Å²) in [5, 5.41) is 0.247. The van der Waals surface area contributed by atoms with Crippen molar-refractivity contribution >= 4 is 27.3 Å². The number of piperidine rings is 1. The molecule has 1 aromatic rings. The van der Waals surface area contributed by atoms with Crippen LogP contribution in [0.15, 0.2) is 17.0 Å². The highest BCUT2D eigenvalue weighted by atomic mass is 35.5. The summed E-state index contributed by atoms with van der Waals surface area (Å²) in [6.07, 6.45) is 3.70. The average molecular weight is 317 g/mol. The molecule has 2 N–H and O–H groups in total. The molecule has 0 radical (unpaired) electrons. The van der Waals surface area contributed by atoms with Crippen molar-refractivity contribution < 1.29 is 8.42 Å². The van der Waals surface area contributed by atoms with Crippen molar-refractivity contribution in [2.24, 2.45) is 0 Å². The van der Waals surface area contributed by atoms with Crippen LogP contribution in [0.2, 0.25) is 5.02 Å². The van der Waals surface area contributed by atoms with E-state index in [1.807, 2.05) is 13.8 Å². The van der Waals surface area contributed by atoms with Crippen molar-refractivity contribution in [3.05, 3.63) is 22.7 Å². The van der Waals surface area contributed by atoms with Crippen LogP contribution in [0.4, 0.5) is 5.69 Å². The Morgan fingerprint density at radius 2 is 2.10 bits per heavy atom. The second-order valence-electron chi connectivity index (χ2n) is 5.31. The molecule has 1 aromatic carbocycles. The lowest BCUT2D eigenvalue weighted by Crippen LogP contribution is -2.43. The maximum Gasteiger partial charge on any atom is 0.244 e. The molecule has 0 bridgehead atoms. The molecule has 1 aliphatic heterocycles. The fraction of sp³-hybridized carbons (Fsp3) is 0.571. The predicted molar refractivity (Wildman–Crippen MR) is 82.4 cm³/mol. The number of nitrogens with two attached hydrogens (primary N) is 1. The molecule has 1 heterocycles. The molecule has 112 valence electrons. The van der Waals surface area contributed by atoms with Crippen molar-refractivity contribution in [2.75, 3.05) is 12.3 Å². The van der Waals surface area contributed by atoms with E-state index in [9.17, 15) is 8.42 Å². The van der Waals surface area contributed by atoms with Gasteiger partial charge < -0.3 is 5.73 Å². The van der Waals surface area contributed by atoms with E-state index in [0.29, 0.717) is 12.2 Å². The van der Waals surface area contributed by atoms with Gasteiger partial charge in [0.1, 0.15) is 4.90 Å². The van der Waals surface area contributed by atoms with Crippen LogP contribution in [0, 0.1) is 6.92 Å². The molecule has 1 saturated heterocycles. The Labute approximate surface area is 126 Å². The lowest BCUT2D eigenvalue weighted by Gasteiger charge is -2.34. The van der Waals surface area contributed by atoms with Gasteiger partial charge in [-0.25, -0.2) is 8.42 Å². The first-order valence-corrected chi connectivity index (χ1v) is 8.77. The smallest absolute Gasteiger partial charge is 0.244 e. The van der Waals surface area contributed by atoms with Crippen LogP contribution < -0.4 is 5.73 Å². The maximum absolute atomic E-state index is 12.8. The third kappa shape index (κ3) is 2.80. The Kier molecular flexibility index (Phi) is 4.62. The van der Waals surface area contributed by atoms with Gasteiger partial charge >= 0.3 is 0 Å². The lowest BCUT2D eigenvalue weighted by atomic mass is 10.0. The second kappa shape index (κ2) is 5.92. The van der Waals surface area contributed by atoms with Crippen molar-refractivity contribution in [1.82, 2.24) is 4.31 Å². The molecule has 0 spiro atoms. The monoisotopic (exact) mass is 316 g/mol. The first-order valence-electron chi connectivity index (χ1n) is 6.95. The van der Waals surface area contributed by atoms with E-state index >= 15 is 0 Å². The Morgan fingerprint density at radius 1 is 1.40 bits per heavy atom. The van der Waals surface area contributed by atoms with Gasteiger partial charge in [-0.2, -0.15) is 4.31 Å². The second-order valence-corrected chi connectivity index (χ2v) is 7.58. The topological polar surface area (TPSA) is 63.4 Å². The summed E-state index contributed by atoms with van der Waals surface area (Å²) in [4.78, 5) is 0.127. The number of hydrogen-bond acceptors (Lipinski definition) is 3. The number of sulfonamides is 1. The fourth-order valence-corrected chi connectivity index (χ4v) is 5.05. The van der Waals surface area contributed by atoms with Crippen molar-refractivity contribution in [3.8, 4) is 0 Å². The minimum atomic E-state index is -3.57. The molecule has 1 fully saturated rings. The summed E-state index contributed by atoms with van der Waals surface area (Å²) in [6, 6.07) is 3.16. The van der Waals surface area contributed by atoms with Gasteiger partial charge in [0, 0.05) is 18.3 Å². The van der Waals surface area contributed by atoms with Crippen LogP contribution in [0.25, 0.3) is 0 Å². The van der Waals surface area contributed by atoms with Gasteiger partial charge in [-0.05, 0) is 43.9 Å². The summed E-state index contributed by atoms with van der Waals surface area (Å²) < 4.78 is 27.2. The average Bonchev–Trinajstić information content (AvgIpc) is 2.42. The van der Waals surface area contributed by atoms with E-state index in [1.54, 1.807) is 10.4 Å². The van der Waals surface area contributed by atoms with Crippen LogP contribution in [-0.2, 0) is 10.0 Å². The van der Waals surface area contributed by atoms with E-state index in [1.165, 1.54) is 6.07 Å². The first-order chi connectivity index (χ1) is 9.37. The molecule has 1 aliphatic rings. The quantitative estimate of drug-likeness (QED) is 0.871. The Balaban J connectivity index is 2.46. The summed E-state index contributed by atoms with van der Waals surface area (Å²) >= 11 is 6.13. The predicted octanol–water partition coefficient (Wildman–Crippen LogP) is 3.18. The first kappa shape index (κ1) is 15.6. The highest BCUT2D eigenvalue weighted by molar-refractivity contribution is 7.89. The molecule has 1 unspecified atom stereocenters. The van der Waals surface area contributed by atoms with Gasteiger partial charge in [-0.1, -0.05) is 24.9 Å². The number of rotatable bonds is 3. The number of benzene rings is 1. The summed E-state index contributed by atoms with van der Waals surface area (Å²) in [5.41, 5.74) is 7.09. The van der Waals surface area contributed by atoms with Gasteiger partial charge in [0.15, 0.2) is 0 Å². The number of aryl methyl sites for hydroxylation is 1. The molecule has 0 aliphatic carbocycles. The fourth-order valence-electron chi connectivity index (χ4n) is 2.69. The molecule has 4 nitrogen and oxygen atoms in total. The Bertz CT molecular complexity index is 601. The lowest BCUT2D eigenvalue weighted by molar-refractivity contribution is 0.246. The van der Waals surface area contributed by atoms with Crippen molar-refractivity contribution in [2.45, 2.75) is 50.5 Å². The minimum absolute atomic E-state index is 0.0624. The standard InChI is InChI=1S/C14H21ClN2O2S/c1-3-11-6-4-5-7-17(11)20(18,19)14-9-13(16)10(2)8-12(14)15/h8-9,11H,3-7,16H2,1-2H3. The van der Waals surface area contributed by atoms with Crippen LogP contribution >= 0.6 is 11.6 Å². The molecule has 6 heteroatoms. The minimum Gasteiger partial charge on any atom is -0.398 e. The summed E-state index contributed by atoms with van der Waals surface area (Å²) in [6.45, 7) is 4.39. The third-order valence-corrected chi connectivity index (χ3v) is 6.37. The van der Waals surface area contributed by atoms with E-state index in [4.69, 9.17) is 17.3 Å². The van der Waals surface area contributed by atoms with Gasteiger partial charge in [0.05, 0.1) is 5.02 Å². The van der Waals surface area contributed by atoms with Gasteiger partial charge in [-0.15, -0.1) is 0 Å². The molecular weight excluding hydrogens is 296 g/mol. The summed E-state index contributed by atoms with van der Waals surface area (Å²) in [7, 11) is -3.57. The van der Waals surface area contributed by atoms with E-state index < -0.39 is 10.0 Å². The van der Waals surface area contributed by atoms with E-state index in [2.05, 4.69) is 0 Å². The number of hydrogen-bond donors (Lipinski definition) is 1. The summed E-state index contributed by atoms with van der Waals surface area (Å²) in [5.74, 6) is 0. The van der Waals surface area contributed by atoms with Crippen LogP contribution in [-0.4, -0.2) is 25.3 Å². The molecule has 2 rings (SSSR count). The van der Waals surface area contributed by atoms with Crippen LogP contribution in [0.5, 0.6) is 0 Å². The van der Waals surface area contributed by atoms with Gasteiger partial charge in [0.25, 0.3) is 0 Å². The Morgan fingerprint density at radius 3 is 2.75 bits per heavy atom. The number of anilines is 1. The highest BCUT2D eigenvalue weighted by Gasteiger charge is 2.34. The zero-order valence-corrected chi connectivity index (χ0v) is 13.5. The SMILES string of the molecule is CCC1CCCCN1S(=O)(=O)c1cc(N)c(C)cc1Cl. The normalized spacial score (nSPS) is 21.1. The zero-order chi connectivity index (χ0) is 14.9. The van der Waals surface area contributed by atoms with E-state index in [-0.39, 0.29) is 16.0 Å². The molecule has 0 aromatic heterocycles. The number of nitrogens with zero attached hydrogens (tertiary/aromatic N) is 1. The van der Waals surface area contributed by atoms with Gasteiger partial charge in [-0.3, -0.25) is 0 Å². The molecule has 20 heavy (non-hydrogen) atoms. The van der Waals surface area contributed by atoms with Crippen LogP contribution in [0.3, 0.4) is 0 Å². The number of halogens is 1. The largest absolute Gasteiger partial charge is 0.398 e. The van der Waals surface area contributed by atoms with Crippen molar-refractivity contribution in [3.63, 3.8) is 0 Å². The molecule has 0 amide bonds. The van der Waals surface area contributed by atoms with Crippen molar-refractivity contribution in [1.29, 1.82) is 0 Å². The highest BCUT2D eigenvalue weighted by Crippen LogP contribution is 2.32. The number of nitrogen functional groups attached to an aromatic ring is 1. The Hall–Kier alpha value is -0.780. The third-order valence-electron chi connectivity index (χ3n) is 3.95.